The van der Waals surface area contributed by atoms with Crippen LogP contribution in [0.2, 0.25) is 0 Å². The Hall–Kier alpha value is -1.47. The van der Waals surface area contributed by atoms with Crippen molar-refractivity contribution in [1.82, 2.24) is 15.3 Å². The van der Waals surface area contributed by atoms with Crippen LogP contribution in [0, 0.1) is 6.92 Å². The van der Waals surface area contributed by atoms with Crippen molar-refractivity contribution in [2.45, 2.75) is 26.2 Å². The molecule has 0 bridgehead atoms. The summed E-state index contributed by atoms with van der Waals surface area (Å²) >= 11 is 5.25. The second kappa shape index (κ2) is 8.09. The Balaban J connectivity index is 1.91. The van der Waals surface area contributed by atoms with Crippen molar-refractivity contribution in [2.24, 2.45) is 0 Å². The Labute approximate surface area is 131 Å². The molecule has 1 fully saturated rings. The van der Waals surface area contributed by atoms with E-state index in [2.05, 4.69) is 25.5 Å². The van der Waals surface area contributed by atoms with Gasteiger partial charge in [-0.05, 0) is 38.4 Å². The van der Waals surface area contributed by atoms with Crippen molar-refractivity contribution in [3.8, 4) is 0 Å². The molecule has 1 aliphatic rings. The molecule has 0 radical (unpaired) electrons. The molecule has 1 aliphatic heterocycles. The van der Waals surface area contributed by atoms with Crippen LogP contribution in [0.3, 0.4) is 0 Å². The highest BCUT2D eigenvalue weighted by molar-refractivity contribution is 7.80. The van der Waals surface area contributed by atoms with E-state index in [1.165, 1.54) is 12.8 Å². The zero-order chi connectivity index (χ0) is 15.1. The number of thiocarbonyl (C=S) groups is 1. The Kier molecular flexibility index (Phi) is 6.13. The quantitative estimate of drug-likeness (QED) is 0.612. The van der Waals surface area contributed by atoms with Crippen LogP contribution in [0.5, 0.6) is 0 Å². The van der Waals surface area contributed by atoms with Crippen LogP contribution in [0.4, 0.5) is 11.8 Å². The number of hydrogen-bond donors (Lipinski definition) is 2. The monoisotopic (exact) mass is 309 g/mol. The maximum Gasteiger partial charge on any atom is 0.231 e. The molecule has 2 rings (SSSR count). The third-order valence-corrected chi connectivity index (χ3v) is 3.55. The highest BCUT2D eigenvalue weighted by Crippen LogP contribution is 2.19. The highest BCUT2D eigenvalue weighted by atomic mass is 32.1. The number of aryl methyl sites for hydroxylation is 1. The van der Waals surface area contributed by atoms with E-state index < -0.39 is 0 Å². The molecule has 7 heteroatoms. The molecule has 1 aromatic rings. The Morgan fingerprint density at radius 2 is 2.14 bits per heavy atom. The third kappa shape index (κ3) is 5.09. The first kappa shape index (κ1) is 15.9. The van der Waals surface area contributed by atoms with Gasteiger partial charge in [-0.2, -0.15) is 4.98 Å². The summed E-state index contributed by atoms with van der Waals surface area (Å²) in [5.74, 6) is 1.53. The van der Waals surface area contributed by atoms with Crippen LogP contribution in [0.25, 0.3) is 0 Å². The standard InChI is InChI=1S/C14H23N5OS/c1-11-10-12(19-7-3-4-8-19)17-13(16-11)18-14(21)15-6-5-9-20-2/h10H,3-9H2,1-2H3,(H2,15,16,17,18,21). The van der Waals surface area contributed by atoms with Crippen LogP contribution in [0.1, 0.15) is 25.0 Å². The number of nitrogens with zero attached hydrogens (tertiary/aromatic N) is 3. The number of nitrogens with one attached hydrogen (secondary N) is 2. The smallest absolute Gasteiger partial charge is 0.231 e. The number of ether oxygens (including phenoxy) is 1. The molecule has 0 unspecified atom stereocenters. The Morgan fingerprint density at radius 1 is 1.38 bits per heavy atom. The Morgan fingerprint density at radius 3 is 2.86 bits per heavy atom. The maximum atomic E-state index is 5.25. The number of hydrogen-bond acceptors (Lipinski definition) is 5. The molecule has 0 saturated carbocycles. The maximum absolute atomic E-state index is 5.25. The average molecular weight is 309 g/mol. The van der Waals surface area contributed by atoms with E-state index in [-0.39, 0.29) is 0 Å². The minimum absolute atomic E-state index is 0.545. The lowest BCUT2D eigenvalue weighted by molar-refractivity contribution is 0.196. The average Bonchev–Trinajstić information content (AvgIpc) is 2.97. The van der Waals surface area contributed by atoms with Gasteiger partial charge >= 0.3 is 0 Å². The van der Waals surface area contributed by atoms with Crippen LogP contribution in [-0.4, -0.2) is 48.4 Å². The van der Waals surface area contributed by atoms with Gasteiger partial charge in [0.15, 0.2) is 5.11 Å². The molecule has 1 saturated heterocycles. The van der Waals surface area contributed by atoms with Gasteiger partial charge in [0, 0.05) is 45.1 Å². The van der Waals surface area contributed by atoms with Crippen molar-refractivity contribution in [3.05, 3.63) is 11.8 Å². The molecule has 2 N–H and O–H groups in total. The predicted molar refractivity (Wildman–Crippen MR) is 88.9 cm³/mol. The van der Waals surface area contributed by atoms with Crippen LogP contribution >= 0.6 is 12.2 Å². The minimum Gasteiger partial charge on any atom is -0.385 e. The lowest BCUT2D eigenvalue weighted by Crippen LogP contribution is -2.31. The lowest BCUT2D eigenvalue weighted by atomic mass is 10.4. The van der Waals surface area contributed by atoms with Gasteiger partial charge in [0.2, 0.25) is 5.95 Å². The molecule has 6 nitrogen and oxygen atoms in total. The first-order chi connectivity index (χ1) is 10.2. The van der Waals surface area contributed by atoms with Gasteiger partial charge < -0.3 is 20.3 Å². The summed E-state index contributed by atoms with van der Waals surface area (Å²) in [4.78, 5) is 11.2. The molecular formula is C14H23N5OS. The van der Waals surface area contributed by atoms with Crippen molar-refractivity contribution >= 4 is 29.1 Å². The molecule has 0 atom stereocenters. The summed E-state index contributed by atoms with van der Waals surface area (Å²) in [6.45, 7) is 5.59. The van der Waals surface area contributed by atoms with Crippen LogP contribution in [0.15, 0.2) is 6.07 Å². The van der Waals surface area contributed by atoms with Crippen molar-refractivity contribution < 1.29 is 4.74 Å². The van der Waals surface area contributed by atoms with Crippen molar-refractivity contribution in [2.75, 3.05) is 43.6 Å². The fraction of sp³-hybridized carbons (Fsp3) is 0.643. The van der Waals surface area contributed by atoms with Crippen LogP contribution in [-0.2, 0) is 4.74 Å². The third-order valence-electron chi connectivity index (χ3n) is 3.31. The summed E-state index contributed by atoms with van der Waals surface area (Å²) in [5.41, 5.74) is 0.941. The number of methoxy groups -OCH3 is 1. The topological polar surface area (TPSA) is 62.3 Å². The van der Waals surface area contributed by atoms with Gasteiger partial charge in [0.05, 0.1) is 0 Å². The SMILES string of the molecule is COCCCNC(=S)Nc1nc(C)cc(N2CCCC2)n1. The number of aromatic nitrogens is 2. The molecule has 1 aromatic heterocycles. The second-order valence-electron chi connectivity index (χ2n) is 5.11. The van der Waals surface area contributed by atoms with E-state index in [1.54, 1.807) is 7.11 Å². The van der Waals surface area contributed by atoms with E-state index in [1.807, 2.05) is 13.0 Å². The molecule has 0 aliphatic carbocycles. The summed E-state index contributed by atoms with van der Waals surface area (Å²) < 4.78 is 5.00. The van der Waals surface area contributed by atoms with Crippen molar-refractivity contribution in [1.29, 1.82) is 0 Å². The molecule has 21 heavy (non-hydrogen) atoms. The molecule has 0 amide bonds. The summed E-state index contributed by atoms with van der Waals surface area (Å²) in [6.07, 6.45) is 3.36. The van der Waals surface area contributed by atoms with Crippen molar-refractivity contribution in [3.63, 3.8) is 0 Å². The predicted octanol–water partition coefficient (Wildman–Crippen LogP) is 1.71. The fourth-order valence-electron chi connectivity index (χ4n) is 2.28. The number of anilines is 2. The van der Waals surface area contributed by atoms with Gasteiger partial charge in [0.1, 0.15) is 5.82 Å². The van der Waals surface area contributed by atoms with Gasteiger partial charge in [-0.15, -0.1) is 0 Å². The molecule has 0 aromatic carbocycles. The van der Waals surface area contributed by atoms with E-state index in [9.17, 15) is 0 Å². The normalized spacial score (nSPS) is 14.3. The largest absolute Gasteiger partial charge is 0.385 e. The van der Waals surface area contributed by atoms with Crippen LogP contribution < -0.4 is 15.5 Å². The molecule has 0 spiro atoms. The van der Waals surface area contributed by atoms with E-state index in [0.717, 1.165) is 44.2 Å². The molecular weight excluding hydrogens is 286 g/mol. The van der Waals surface area contributed by atoms with Gasteiger partial charge in [-0.25, -0.2) is 4.98 Å². The van der Waals surface area contributed by atoms with E-state index in [4.69, 9.17) is 17.0 Å². The first-order valence-corrected chi connectivity index (χ1v) is 7.74. The first-order valence-electron chi connectivity index (χ1n) is 7.33. The zero-order valence-electron chi connectivity index (χ0n) is 12.7. The second-order valence-corrected chi connectivity index (χ2v) is 5.52. The minimum atomic E-state index is 0.545. The molecule has 116 valence electrons. The van der Waals surface area contributed by atoms with Gasteiger partial charge in [0.25, 0.3) is 0 Å². The highest BCUT2D eigenvalue weighted by Gasteiger charge is 2.15. The number of rotatable bonds is 6. The fourth-order valence-corrected chi connectivity index (χ4v) is 2.47. The summed E-state index contributed by atoms with van der Waals surface area (Å²) in [5, 5.41) is 6.72. The van der Waals surface area contributed by atoms with Gasteiger partial charge in [-0.3, -0.25) is 0 Å². The molecule has 2 heterocycles. The summed E-state index contributed by atoms with van der Waals surface area (Å²) in [6, 6.07) is 2.02. The zero-order valence-corrected chi connectivity index (χ0v) is 13.5. The van der Waals surface area contributed by atoms with E-state index >= 15 is 0 Å². The van der Waals surface area contributed by atoms with Gasteiger partial charge in [-0.1, -0.05) is 0 Å². The summed E-state index contributed by atoms with van der Waals surface area (Å²) in [7, 11) is 1.69. The Bertz CT molecular complexity index is 476. The van der Waals surface area contributed by atoms with E-state index in [0.29, 0.717) is 11.1 Å². The lowest BCUT2D eigenvalue weighted by Gasteiger charge is -2.18.